The zero-order valence-corrected chi connectivity index (χ0v) is 18.1. The van der Waals surface area contributed by atoms with Crippen molar-refractivity contribution in [1.29, 1.82) is 0 Å². The van der Waals surface area contributed by atoms with Gasteiger partial charge in [-0.1, -0.05) is 29.5 Å². The molecule has 156 valence electrons. The highest BCUT2D eigenvalue weighted by atomic mass is 32.1. The zero-order valence-electron chi connectivity index (χ0n) is 17.2. The van der Waals surface area contributed by atoms with Crippen molar-refractivity contribution < 1.29 is 14.3 Å². The van der Waals surface area contributed by atoms with Gasteiger partial charge < -0.3 is 9.47 Å². The number of carbonyl (C=O) groups excluding carboxylic acids is 1. The first-order chi connectivity index (χ1) is 15.1. The molecule has 0 saturated carbocycles. The van der Waals surface area contributed by atoms with E-state index in [2.05, 4.69) is 31.0 Å². The lowest BCUT2D eigenvalue weighted by atomic mass is 10.1. The summed E-state index contributed by atoms with van der Waals surface area (Å²) in [6, 6.07) is 17.2. The van der Waals surface area contributed by atoms with Gasteiger partial charge in [-0.2, -0.15) is 0 Å². The molecular weight excluding hydrogens is 410 g/mol. The number of para-hydroxylation sites is 2. The molecule has 31 heavy (non-hydrogen) atoms. The Kier molecular flexibility index (Phi) is 5.03. The summed E-state index contributed by atoms with van der Waals surface area (Å²) < 4.78 is 12.8. The van der Waals surface area contributed by atoms with Crippen LogP contribution in [-0.4, -0.2) is 28.6 Å². The molecule has 2 aromatic carbocycles. The first-order valence-corrected chi connectivity index (χ1v) is 10.9. The van der Waals surface area contributed by atoms with Crippen molar-refractivity contribution in [2.75, 3.05) is 11.5 Å². The third kappa shape index (κ3) is 3.84. The van der Waals surface area contributed by atoms with Crippen molar-refractivity contribution in [2.45, 2.75) is 26.5 Å². The minimum absolute atomic E-state index is 0.150. The van der Waals surface area contributed by atoms with Crippen LogP contribution in [0, 0.1) is 13.8 Å². The molecule has 1 aliphatic rings. The normalized spacial score (nSPS) is 15.1. The van der Waals surface area contributed by atoms with E-state index in [0.29, 0.717) is 23.2 Å². The molecule has 5 rings (SSSR count). The average Bonchev–Trinajstić information content (AvgIpc) is 3.20. The first-order valence-electron chi connectivity index (χ1n) is 10.1. The van der Waals surface area contributed by atoms with E-state index in [1.165, 1.54) is 22.5 Å². The largest absolute Gasteiger partial charge is 0.485 e. The van der Waals surface area contributed by atoms with E-state index in [0.717, 1.165) is 15.9 Å². The lowest BCUT2D eigenvalue weighted by molar-refractivity contribution is -0.127. The van der Waals surface area contributed by atoms with Crippen LogP contribution < -0.4 is 14.4 Å². The van der Waals surface area contributed by atoms with Crippen molar-refractivity contribution in [3.05, 3.63) is 77.6 Å². The van der Waals surface area contributed by atoms with Crippen molar-refractivity contribution in [3.63, 3.8) is 0 Å². The number of aromatic nitrogens is 2. The maximum absolute atomic E-state index is 13.6. The number of ether oxygens (including phenoxy) is 2. The van der Waals surface area contributed by atoms with Gasteiger partial charge in [0.25, 0.3) is 5.91 Å². The van der Waals surface area contributed by atoms with Crippen LogP contribution in [0.5, 0.6) is 11.5 Å². The minimum atomic E-state index is -0.755. The fourth-order valence-corrected chi connectivity index (χ4v) is 4.54. The number of fused-ring (bicyclic) bond motifs is 2. The standard InChI is InChI=1S/C24H21N3O3S/c1-15-11-18-22(12-16(15)2)31-24(26-18)27(13-17-7-5-6-10-25-17)23(28)21-14-29-19-8-3-4-9-20(19)30-21/h3-12,21H,13-14H2,1-2H3/t21-/m1/s1. The number of thiazole rings is 1. The van der Waals surface area contributed by atoms with Crippen LogP contribution in [0.1, 0.15) is 16.8 Å². The van der Waals surface area contributed by atoms with Crippen LogP contribution in [0.2, 0.25) is 0 Å². The zero-order chi connectivity index (χ0) is 21.4. The molecule has 3 heterocycles. The second-order valence-corrected chi connectivity index (χ2v) is 8.52. The number of rotatable bonds is 4. The molecule has 0 aliphatic carbocycles. The van der Waals surface area contributed by atoms with E-state index in [1.54, 1.807) is 17.2 Å². The third-order valence-corrected chi connectivity index (χ3v) is 6.36. The van der Waals surface area contributed by atoms with E-state index in [4.69, 9.17) is 14.5 Å². The molecule has 7 heteroatoms. The fraction of sp³-hybridized carbons (Fsp3) is 0.208. The molecule has 0 radical (unpaired) electrons. The Labute approximate surface area is 184 Å². The van der Waals surface area contributed by atoms with Gasteiger partial charge in [0.15, 0.2) is 16.6 Å². The third-order valence-electron chi connectivity index (χ3n) is 5.32. The van der Waals surface area contributed by atoms with Gasteiger partial charge in [0.05, 0.1) is 22.5 Å². The van der Waals surface area contributed by atoms with Gasteiger partial charge >= 0.3 is 0 Å². The van der Waals surface area contributed by atoms with E-state index in [1.807, 2.05) is 36.4 Å². The highest BCUT2D eigenvalue weighted by Crippen LogP contribution is 2.34. The van der Waals surface area contributed by atoms with Crippen molar-refractivity contribution >= 4 is 32.6 Å². The first kappa shape index (κ1) is 19.5. The molecule has 0 saturated heterocycles. The SMILES string of the molecule is Cc1cc2nc(N(Cc3ccccn3)C(=O)[C@H]3COc4ccccc4O3)sc2cc1C. The fourth-order valence-electron chi connectivity index (χ4n) is 3.49. The number of nitrogens with zero attached hydrogens (tertiary/aromatic N) is 3. The predicted octanol–water partition coefficient (Wildman–Crippen LogP) is 4.68. The van der Waals surface area contributed by atoms with Gasteiger partial charge in [0, 0.05) is 6.20 Å². The summed E-state index contributed by atoms with van der Waals surface area (Å²) in [5.41, 5.74) is 4.03. The Morgan fingerprint density at radius 1 is 1.10 bits per heavy atom. The number of hydrogen-bond donors (Lipinski definition) is 0. The Hall–Kier alpha value is -3.45. The number of anilines is 1. The van der Waals surface area contributed by atoms with E-state index in [-0.39, 0.29) is 12.5 Å². The quantitative estimate of drug-likeness (QED) is 0.469. The molecule has 6 nitrogen and oxygen atoms in total. The Morgan fingerprint density at radius 2 is 1.87 bits per heavy atom. The number of hydrogen-bond acceptors (Lipinski definition) is 6. The molecule has 0 fully saturated rings. The van der Waals surface area contributed by atoms with Gasteiger partial charge in [-0.3, -0.25) is 14.7 Å². The average molecular weight is 432 g/mol. The maximum atomic E-state index is 13.6. The van der Waals surface area contributed by atoms with Crippen molar-refractivity contribution in [3.8, 4) is 11.5 Å². The summed E-state index contributed by atoms with van der Waals surface area (Å²) in [6.07, 6.45) is 0.966. The van der Waals surface area contributed by atoms with Crippen LogP contribution in [0.15, 0.2) is 60.8 Å². The molecule has 1 atom stereocenters. The van der Waals surface area contributed by atoms with Crippen LogP contribution >= 0.6 is 11.3 Å². The molecule has 0 spiro atoms. The summed E-state index contributed by atoms with van der Waals surface area (Å²) >= 11 is 1.50. The van der Waals surface area contributed by atoms with Crippen molar-refractivity contribution in [2.24, 2.45) is 0 Å². The van der Waals surface area contributed by atoms with E-state index in [9.17, 15) is 4.79 Å². The van der Waals surface area contributed by atoms with Crippen LogP contribution in [0.3, 0.4) is 0 Å². The Bertz CT molecular complexity index is 1220. The van der Waals surface area contributed by atoms with Gasteiger partial charge in [-0.05, 0) is 61.4 Å². The lowest BCUT2D eigenvalue weighted by Crippen LogP contribution is -2.46. The van der Waals surface area contributed by atoms with Gasteiger partial charge in [0.1, 0.15) is 6.61 Å². The van der Waals surface area contributed by atoms with Gasteiger partial charge in [-0.15, -0.1) is 0 Å². The topological polar surface area (TPSA) is 64.6 Å². The van der Waals surface area contributed by atoms with Gasteiger partial charge in [-0.25, -0.2) is 4.98 Å². The van der Waals surface area contributed by atoms with Crippen LogP contribution in [0.4, 0.5) is 5.13 Å². The van der Waals surface area contributed by atoms with E-state index >= 15 is 0 Å². The monoisotopic (exact) mass is 431 g/mol. The number of amides is 1. The van der Waals surface area contributed by atoms with Gasteiger partial charge in [0.2, 0.25) is 6.10 Å². The molecule has 4 aromatic rings. The number of pyridine rings is 1. The second-order valence-electron chi connectivity index (χ2n) is 7.51. The summed E-state index contributed by atoms with van der Waals surface area (Å²) in [5.74, 6) is 1.02. The smallest absolute Gasteiger partial charge is 0.273 e. The minimum Gasteiger partial charge on any atom is -0.485 e. The molecule has 1 aliphatic heterocycles. The molecule has 2 aromatic heterocycles. The number of carbonyl (C=O) groups is 1. The summed E-state index contributed by atoms with van der Waals surface area (Å²) in [4.78, 5) is 24.4. The lowest BCUT2D eigenvalue weighted by Gasteiger charge is -2.29. The highest BCUT2D eigenvalue weighted by molar-refractivity contribution is 7.22. The summed E-state index contributed by atoms with van der Waals surface area (Å²) in [7, 11) is 0. The molecule has 0 unspecified atom stereocenters. The van der Waals surface area contributed by atoms with Crippen LogP contribution in [0.25, 0.3) is 10.2 Å². The summed E-state index contributed by atoms with van der Waals surface area (Å²) in [5, 5.41) is 0.623. The van der Waals surface area contributed by atoms with Crippen LogP contribution in [-0.2, 0) is 11.3 Å². The predicted molar refractivity (Wildman–Crippen MR) is 121 cm³/mol. The molecule has 1 amide bonds. The molecule has 0 bridgehead atoms. The Balaban J connectivity index is 1.51. The van der Waals surface area contributed by atoms with E-state index < -0.39 is 6.10 Å². The molecule has 0 N–H and O–H groups in total. The molecular formula is C24H21N3O3S. The summed E-state index contributed by atoms with van der Waals surface area (Å²) in [6.45, 7) is 4.60. The maximum Gasteiger partial charge on any atom is 0.273 e. The second kappa shape index (κ2) is 8.00. The Morgan fingerprint density at radius 3 is 2.68 bits per heavy atom. The highest BCUT2D eigenvalue weighted by Gasteiger charge is 2.33. The number of aryl methyl sites for hydroxylation is 2. The van der Waals surface area contributed by atoms with Crippen molar-refractivity contribution in [1.82, 2.24) is 9.97 Å². The number of benzene rings is 2.